The maximum atomic E-state index is 12.0. The fourth-order valence-electron chi connectivity index (χ4n) is 1.37. The summed E-state index contributed by atoms with van der Waals surface area (Å²) in [6.45, 7) is 1.11. The molecule has 0 bridgehead atoms. The van der Waals surface area contributed by atoms with Crippen LogP contribution in [0.4, 0.5) is 14.6 Å². The van der Waals surface area contributed by atoms with Crippen LogP contribution in [0, 0.1) is 6.92 Å². The van der Waals surface area contributed by atoms with Gasteiger partial charge in [-0.1, -0.05) is 0 Å². The fourth-order valence-corrected chi connectivity index (χ4v) is 1.37. The van der Waals surface area contributed by atoms with Crippen LogP contribution in [0.25, 0.3) is 5.65 Å². The average molecular weight is 229 g/mol. The molecule has 0 spiro atoms. The van der Waals surface area contributed by atoms with Gasteiger partial charge < -0.3 is 5.32 Å². The third-order valence-electron chi connectivity index (χ3n) is 2.01. The second-order valence-electron chi connectivity index (χ2n) is 3.18. The predicted octanol–water partition coefficient (Wildman–Crippen LogP) is 0.403. The number of hydrogen-bond acceptors (Lipinski definition) is 4. The van der Waals surface area contributed by atoms with Crippen LogP contribution in [0.2, 0.25) is 0 Å². The second kappa shape index (κ2) is 3.87. The first-order chi connectivity index (χ1) is 7.58. The van der Waals surface area contributed by atoms with E-state index in [1.807, 2.05) is 0 Å². The van der Waals surface area contributed by atoms with E-state index in [4.69, 9.17) is 0 Å². The van der Waals surface area contributed by atoms with Gasteiger partial charge in [0.2, 0.25) is 0 Å². The lowest BCUT2D eigenvalue weighted by Crippen LogP contribution is -2.16. The van der Waals surface area contributed by atoms with Crippen molar-refractivity contribution in [1.29, 1.82) is 0 Å². The highest BCUT2D eigenvalue weighted by Crippen LogP contribution is 2.08. The topological polar surface area (TPSA) is 75.1 Å². The van der Waals surface area contributed by atoms with E-state index in [2.05, 4.69) is 20.5 Å². The summed E-state index contributed by atoms with van der Waals surface area (Å²) in [7, 11) is 0. The fraction of sp³-hybridized carbons (Fsp3) is 0.375. The molecule has 0 aliphatic carbocycles. The van der Waals surface area contributed by atoms with E-state index in [-0.39, 0.29) is 5.82 Å². The highest BCUT2D eigenvalue weighted by atomic mass is 19.3. The molecule has 2 N–H and O–H groups in total. The zero-order chi connectivity index (χ0) is 11.7. The molecule has 0 aromatic carbocycles. The molecule has 0 saturated carbocycles. The molecule has 0 atom stereocenters. The van der Waals surface area contributed by atoms with E-state index >= 15 is 0 Å². The summed E-state index contributed by atoms with van der Waals surface area (Å²) in [6, 6.07) is 1.42. The molecular weight excluding hydrogens is 220 g/mol. The molecule has 0 unspecified atom stereocenters. The van der Waals surface area contributed by atoms with Gasteiger partial charge in [0.25, 0.3) is 6.43 Å². The first kappa shape index (κ1) is 10.5. The lowest BCUT2D eigenvalue weighted by atomic mass is 10.5. The monoisotopic (exact) mass is 229 g/mol. The summed E-state index contributed by atoms with van der Waals surface area (Å²) >= 11 is 0. The van der Waals surface area contributed by atoms with Crippen molar-refractivity contribution in [3.63, 3.8) is 0 Å². The van der Waals surface area contributed by atoms with Crippen LogP contribution in [-0.4, -0.2) is 32.6 Å². The van der Waals surface area contributed by atoms with Gasteiger partial charge in [0.1, 0.15) is 11.6 Å². The number of fused-ring (bicyclic) bond motifs is 1. The minimum absolute atomic E-state index is 0.268. The van der Waals surface area contributed by atoms with Crippen molar-refractivity contribution in [2.45, 2.75) is 13.3 Å². The molecule has 0 fully saturated rings. The standard InChI is InChI=1S/C8H9F2N5O/c1-4-12-6(11-3-5(9)10)2-7-13-14-8(16)15(4)7/h2,5,11H,3H2,1H3,(H,14,16). The number of aryl methyl sites for hydroxylation is 1. The van der Waals surface area contributed by atoms with Crippen LogP contribution >= 0.6 is 0 Å². The Morgan fingerprint density at radius 2 is 2.38 bits per heavy atom. The van der Waals surface area contributed by atoms with Crippen molar-refractivity contribution in [2.24, 2.45) is 0 Å². The highest BCUT2D eigenvalue weighted by Gasteiger charge is 2.08. The number of aromatic nitrogens is 4. The van der Waals surface area contributed by atoms with Gasteiger partial charge >= 0.3 is 5.69 Å². The Hall–Kier alpha value is -1.99. The van der Waals surface area contributed by atoms with Gasteiger partial charge in [0.15, 0.2) is 5.65 Å². The SMILES string of the molecule is Cc1nc(NCC(F)F)cc2n[nH]c(=O)n12. The molecule has 6 nitrogen and oxygen atoms in total. The number of H-pyrrole nitrogens is 1. The van der Waals surface area contributed by atoms with Gasteiger partial charge in [-0.3, -0.25) is 0 Å². The Kier molecular flexibility index (Phi) is 2.55. The summed E-state index contributed by atoms with van der Waals surface area (Å²) < 4.78 is 25.2. The molecule has 2 heterocycles. The summed E-state index contributed by atoms with van der Waals surface area (Å²) in [5.74, 6) is 0.650. The van der Waals surface area contributed by atoms with Gasteiger partial charge in [-0.2, -0.15) is 5.10 Å². The minimum Gasteiger partial charge on any atom is -0.364 e. The molecule has 2 rings (SSSR count). The van der Waals surface area contributed by atoms with Crippen molar-refractivity contribution >= 4 is 11.5 Å². The van der Waals surface area contributed by atoms with Gasteiger partial charge in [-0.15, -0.1) is 0 Å². The number of aromatic amines is 1. The zero-order valence-corrected chi connectivity index (χ0v) is 8.37. The van der Waals surface area contributed by atoms with Crippen molar-refractivity contribution in [3.8, 4) is 0 Å². The first-order valence-electron chi connectivity index (χ1n) is 4.54. The molecule has 2 aromatic rings. The molecule has 0 radical (unpaired) electrons. The van der Waals surface area contributed by atoms with Crippen molar-refractivity contribution in [3.05, 3.63) is 22.4 Å². The van der Waals surface area contributed by atoms with Crippen LogP contribution in [0.15, 0.2) is 10.9 Å². The van der Waals surface area contributed by atoms with Crippen LogP contribution in [0.1, 0.15) is 5.82 Å². The number of halogens is 2. The van der Waals surface area contributed by atoms with Gasteiger partial charge in [-0.05, 0) is 6.92 Å². The van der Waals surface area contributed by atoms with Crippen molar-refractivity contribution in [2.75, 3.05) is 11.9 Å². The molecular formula is C8H9F2N5O. The van der Waals surface area contributed by atoms with E-state index in [1.54, 1.807) is 6.92 Å². The summed E-state index contributed by atoms with van der Waals surface area (Å²) in [6.07, 6.45) is -2.46. The van der Waals surface area contributed by atoms with Gasteiger partial charge in [0.05, 0.1) is 6.54 Å². The smallest absolute Gasteiger partial charge is 0.349 e. The second-order valence-corrected chi connectivity index (χ2v) is 3.18. The Morgan fingerprint density at radius 3 is 3.06 bits per heavy atom. The largest absolute Gasteiger partial charge is 0.364 e. The van der Waals surface area contributed by atoms with E-state index in [0.29, 0.717) is 11.5 Å². The highest BCUT2D eigenvalue weighted by molar-refractivity contribution is 5.49. The van der Waals surface area contributed by atoms with Gasteiger partial charge in [0, 0.05) is 6.07 Å². The number of nitrogens with zero attached hydrogens (tertiary/aromatic N) is 3. The Balaban J connectivity index is 2.39. The summed E-state index contributed by atoms with van der Waals surface area (Å²) in [5.41, 5.74) is -0.0605. The van der Waals surface area contributed by atoms with E-state index in [9.17, 15) is 13.6 Å². The molecule has 0 aliphatic heterocycles. The summed E-state index contributed by atoms with van der Waals surface area (Å²) in [4.78, 5) is 15.2. The molecule has 0 amide bonds. The van der Waals surface area contributed by atoms with Crippen molar-refractivity contribution in [1.82, 2.24) is 19.6 Å². The Morgan fingerprint density at radius 1 is 1.62 bits per heavy atom. The molecule has 2 aromatic heterocycles. The van der Waals surface area contributed by atoms with Crippen LogP contribution in [0.3, 0.4) is 0 Å². The minimum atomic E-state index is -2.46. The lowest BCUT2D eigenvalue weighted by Gasteiger charge is -2.05. The quantitative estimate of drug-likeness (QED) is 0.799. The van der Waals surface area contributed by atoms with Crippen molar-refractivity contribution < 1.29 is 8.78 Å². The maximum absolute atomic E-state index is 12.0. The number of rotatable bonds is 3. The third kappa shape index (κ3) is 1.86. The maximum Gasteiger partial charge on any atom is 0.349 e. The molecule has 0 aliphatic rings. The van der Waals surface area contributed by atoms with Gasteiger partial charge in [-0.25, -0.2) is 28.1 Å². The molecule has 86 valence electrons. The Bertz CT molecular complexity index is 561. The molecule has 0 saturated heterocycles. The van der Waals surface area contributed by atoms with E-state index < -0.39 is 18.7 Å². The normalized spacial score (nSPS) is 11.2. The van der Waals surface area contributed by atoms with Crippen LogP contribution < -0.4 is 11.0 Å². The van der Waals surface area contributed by atoms with Crippen LogP contribution in [0.5, 0.6) is 0 Å². The number of anilines is 1. The van der Waals surface area contributed by atoms with E-state index in [0.717, 1.165) is 0 Å². The first-order valence-corrected chi connectivity index (χ1v) is 4.54. The number of alkyl halides is 2. The van der Waals surface area contributed by atoms with E-state index in [1.165, 1.54) is 10.5 Å². The number of hydrogen-bond donors (Lipinski definition) is 2. The third-order valence-corrected chi connectivity index (χ3v) is 2.01. The molecule has 16 heavy (non-hydrogen) atoms. The number of nitrogens with one attached hydrogen (secondary N) is 2. The lowest BCUT2D eigenvalue weighted by molar-refractivity contribution is 0.163. The molecule has 8 heteroatoms. The summed E-state index contributed by atoms with van der Waals surface area (Å²) in [5, 5.41) is 8.43. The Labute approximate surface area is 88.3 Å². The zero-order valence-electron chi connectivity index (χ0n) is 8.37. The van der Waals surface area contributed by atoms with Crippen LogP contribution in [-0.2, 0) is 0 Å². The predicted molar refractivity (Wildman–Crippen MR) is 52.8 cm³/mol. The average Bonchev–Trinajstić information content (AvgIpc) is 2.58.